The average Bonchev–Trinajstić information content (AvgIpc) is 2.60. The second-order valence-corrected chi connectivity index (χ2v) is 3.65. The molecule has 1 unspecified atom stereocenters. The van der Waals surface area contributed by atoms with Gasteiger partial charge in [-0.05, 0) is 26.3 Å². The molecule has 0 aliphatic heterocycles. The Labute approximate surface area is 86.5 Å². The fourth-order valence-corrected chi connectivity index (χ4v) is 1.66. The molecule has 0 aromatic carbocycles. The monoisotopic (exact) mass is 195 g/mol. The van der Waals surface area contributed by atoms with E-state index in [4.69, 9.17) is 0 Å². The zero-order valence-corrected chi connectivity index (χ0v) is 9.45. The number of nitrogens with one attached hydrogen (secondary N) is 1. The summed E-state index contributed by atoms with van der Waals surface area (Å²) in [5, 5.41) is 3.45. The molecule has 3 nitrogen and oxygen atoms in total. The molecule has 1 aromatic rings. The minimum atomic E-state index is 0.545. The van der Waals surface area contributed by atoms with Crippen LogP contribution in [0.15, 0.2) is 12.4 Å². The second-order valence-electron chi connectivity index (χ2n) is 3.65. The number of rotatable bonds is 6. The molecule has 14 heavy (non-hydrogen) atoms. The summed E-state index contributed by atoms with van der Waals surface area (Å²) in [6, 6.07) is 0.545. The predicted octanol–water partition coefficient (Wildman–Crippen LogP) is 2.14. The van der Waals surface area contributed by atoms with Crippen LogP contribution >= 0.6 is 0 Å². The van der Waals surface area contributed by atoms with E-state index in [-0.39, 0.29) is 0 Å². The summed E-state index contributed by atoms with van der Waals surface area (Å²) in [6.07, 6.45) is 6.28. The summed E-state index contributed by atoms with van der Waals surface area (Å²) in [7, 11) is 0. The van der Waals surface area contributed by atoms with E-state index in [1.165, 1.54) is 6.42 Å². The molecule has 0 aliphatic rings. The van der Waals surface area contributed by atoms with E-state index >= 15 is 0 Å². The van der Waals surface area contributed by atoms with Crippen molar-refractivity contribution in [2.45, 2.75) is 39.7 Å². The zero-order valence-electron chi connectivity index (χ0n) is 9.45. The van der Waals surface area contributed by atoms with Gasteiger partial charge in [-0.25, -0.2) is 4.98 Å². The molecule has 1 rings (SSSR count). The lowest BCUT2D eigenvalue weighted by Crippen LogP contribution is -2.25. The second kappa shape index (κ2) is 5.81. The molecule has 1 N–H and O–H groups in total. The highest BCUT2D eigenvalue weighted by molar-refractivity contribution is 4.92. The van der Waals surface area contributed by atoms with Crippen LogP contribution in [0.5, 0.6) is 0 Å². The molecule has 0 aliphatic carbocycles. The Balaban J connectivity index is 2.50. The third kappa shape index (κ3) is 2.84. The summed E-state index contributed by atoms with van der Waals surface area (Å²) in [5.74, 6) is 1.11. The quantitative estimate of drug-likeness (QED) is 0.705. The van der Waals surface area contributed by atoms with Gasteiger partial charge in [0, 0.05) is 25.0 Å². The standard InChI is InChI=1S/C11H21N3/c1-4-6-12-9-11(5-2)14-8-7-13-10(14)3/h7-8,11-12H,4-6,9H2,1-3H3. The molecule has 0 saturated carbocycles. The Morgan fingerprint density at radius 1 is 1.50 bits per heavy atom. The van der Waals surface area contributed by atoms with E-state index in [9.17, 15) is 0 Å². The first-order valence-electron chi connectivity index (χ1n) is 5.49. The lowest BCUT2D eigenvalue weighted by molar-refractivity contribution is 0.440. The van der Waals surface area contributed by atoms with Gasteiger partial charge >= 0.3 is 0 Å². The molecule has 80 valence electrons. The normalized spacial score (nSPS) is 13.1. The van der Waals surface area contributed by atoms with Gasteiger partial charge in [0.2, 0.25) is 0 Å². The third-order valence-electron chi connectivity index (χ3n) is 2.53. The maximum absolute atomic E-state index is 4.25. The number of aryl methyl sites for hydroxylation is 1. The molecule has 1 heterocycles. The molecule has 0 fully saturated rings. The Hall–Kier alpha value is -0.830. The number of hydrogen-bond donors (Lipinski definition) is 1. The van der Waals surface area contributed by atoms with Crippen LogP contribution in [0.1, 0.15) is 38.6 Å². The lowest BCUT2D eigenvalue weighted by Gasteiger charge is -2.18. The van der Waals surface area contributed by atoms with E-state index in [1.807, 2.05) is 6.20 Å². The van der Waals surface area contributed by atoms with Crippen molar-refractivity contribution in [1.29, 1.82) is 0 Å². The molecule has 0 saturated heterocycles. The van der Waals surface area contributed by atoms with Gasteiger partial charge < -0.3 is 9.88 Å². The molecular formula is C11H21N3. The van der Waals surface area contributed by atoms with Gasteiger partial charge in [-0.2, -0.15) is 0 Å². The van der Waals surface area contributed by atoms with Crippen LogP contribution in [0.2, 0.25) is 0 Å². The van der Waals surface area contributed by atoms with Crippen LogP contribution in [0.25, 0.3) is 0 Å². The van der Waals surface area contributed by atoms with Crippen molar-refractivity contribution in [3.8, 4) is 0 Å². The van der Waals surface area contributed by atoms with E-state index in [1.54, 1.807) is 0 Å². The fourth-order valence-electron chi connectivity index (χ4n) is 1.66. The Bertz CT molecular complexity index is 255. The van der Waals surface area contributed by atoms with Gasteiger partial charge in [0.15, 0.2) is 0 Å². The van der Waals surface area contributed by atoms with Gasteiger partial charge in [-0.15, -0.1) is 0 Å². The number of hydrogen-bond acceptors (Lipinski definition) is 2. The maximum Gasteiger partial charge on any atom is 0.105 e. The van der Waals surface area contributed by atoms with Crippen LogP contribution in [0.3, 0.4) is 0 Å². The molecule has 1 aromatic heterocycles. The Morgan fingerprint density at radius 2 is 2.29 bits per heavy atom. The zero-order chi connectivity index (χ0) is 10.4. The molecule has 0 spiro atoms. The molecule has 0 radical (unpaired) electrons. The number of aromatic nitrogens is 2. The van der Waals surface area contributed by atoms with Crippen molar-refractivity contribution in [1.82, 2.24) is 14.9 Å². The maximum atomic E-state index is 4.25. The highest BCUT2D eigenvalue weighted by Gasteiger charge is 2.09. The van der Waals surface area contributed by atoms with E-state index in [0.717, 1.165) is 25.3 Å². The molecule has 0 amide bonds. The van der Waals surface area contributed by atoms with E-state index in [0.29, 0.717) is 6.04 Å². The van der Waals surface area contributed by atoms with Crippen LogP contribution in [0.4, 0.5) is 0 Å². The number of nitrogens with zero attached hydrogens (tertiary/aromatic N) is 2. The van der Waals surface area contributed by atoms with Crippen molar-refractivity contribution >= 4 is 0 Å². The highest BCUT2D eigenvalue weighted by atomic mass is 15.1. The van der Waals surface area contributed by atoms with Gasteiger partial charge in [0.05, 0.1) is 0 Å². The highest BCUT2D eigenvalue weighted by Crippen LogP contribution is 2.11. The first-order valence-corrected chi connectivity index (χ1v) is 5.49. The van der Waals surface area contributed by atoms with Crippen LogP contribution < -0.4 is 5.32 Å². The summed E-state index contributed by atoms with van der Waals surface area (Å²) in [5.41, 5.74) is 0. The van der Waals surface area contributed by atoms with Crippen molar-refractivity contribution in [3.05, 3.63) is 18.2 Å². The predicted molar refractivity (Wildman–Crippen MR) is 59.5 cm³/mol. The fraction of sp³-hybridized carbons (Fsp3) is 0.727. The van der Waals surface area contributed by atoms with Gasteiger partial charge in [0.1, 0.15) is 5.82 Å². The van der Waals surface area contributed by atoms with Crippen molar-refractivity contribution < 1.29 is 0 Å². The first-order chi connectivity index (χ1) is 6.79. The third-order valence-corrected chi connectivity index (χ3v) is 2.53. The van der Waals surface area contributed by atoms with Crippen molar-refractivity contribution in [2.24, 2.45) is 0 Å². The van der Waals surface area contributed by atoms with Gasteiger partial charge in [-0.1, -0.05) is 13.8 Å². The molecule has 1 atom stereocenters. The van der Waals surface area contributed by atoms with Crippen molar-refractivity contribution in [3.63, 3.8) is 0 Å². The number of imidazole rings is 1. The Morgan fingerprint density at radius 3 is 2.79 bits per heavy atom. The summed E-state index contributed by atoms with van der Waals surface area (Å²) < 4.78 is 2.25. The summed E-state index contributed by atoms with van der Waals surface area (Å²) in [4.78, 5) is 4.25. The average molecular weight is 195 g/mol. The molecular weight excluding hydrogens is 174 g/mol. The van der Waals surface area contributed by atoms with E-state index in [2.05, 4.69) is 41.8 Å². The van der Waals surface area contributed by atoms with Crippen LogP contribution in [0, 0.1) is 6.92 Å². The molecule has 0 bridgehead atoms. The molecule has 3 heteroatoms. The summed E-state index contributed by atoms with van der Waals surface area (Å²) >= 11 is 0. The smallest absolute Gasteiger partial charge is 0.105 e. The lowest BCUT2D eigenvalue weighted by atomic mass is 10.2. The minimum Gasteiger partial charge on any atom is -0.331 e. The van der Waals surface area contributed by atoms with Gasteiger partial charge in [0.25, 0.3) is 0 Å². The first kappa shape index (κ1) is 11.2. The van der Waals surface area contributed by atoms with E-state index < -0.39 is 0 Å². The minimum absolute atomic E-state index is 0.545. The summed E-state index contributed by atoms with van der Waals surface area (Å²) in [6.45, 7) is 8.61. The van der Waals surface area contributed by atoms with Crippen LogP contribution in [-0.4, -0.2) is 22.6 Å². The van der Waals surface area contributed by atoms with Crippen LogP contribution in [-0.2, 0) is 0 Å². The van der Waals surface area contributed by atoms with Gasteiger partial charge in [-0.3, -0.25) is 0 Å². The van der Waals surface area contributed by atoms with Crippen molar-refractivity contribution in [2.75, 3.05) is 13.1 Å². The topological polar surface area (TPSA) is 29.9 Å². The SMILES string of the molecule is CCCNCC(CC)n1ccnc1C. The Kier molecular flexibility index (Phi) is 4.66. The largest absolute Gasteiger partial charge is 0.331 e.